The first-order valence-corrected chi connectivity index (χ1v) is 13.4. The van der Waals surface area contributed by atoms with Crippen LogP contribution in [-0.2, 0) is 11.3 Å². The zero-order valence-corrected chi connectivity index (χ0v) is 22.0. The van der Waals surface area contributed by atoms with Crippen LogP contribution < -0.4 is 10.2 Å². The average Bonchev–Trinajstić information content (AvgIpc) is 3.42. The summed E-state index contributed by atoms with van der Waals surface area (Å²) < 4.78 is 32.3. The van der Waals surface area contributed by atoms with Gasteiger partial charge in [0.1, 0.15) is 0 Å². The first-order chi connectivity index (χ1) is 17.9. The van der Waals surface area contributed by atoms with Crippen LogP contribution in [0, 0.1) is 12.0 Å². The lowest BCUT2D eigenvalue weighted by Gasteiger charge is -2.53. The fourth-order valence-electron chi connectivity index (χ4n) is 6.44. The lowest BCUT2D eigenvalue weighted by molar-refractivity contribution is -0.0158. The number of carbonyl (C=O) groups is 1. The third-order valence-electron chi connectivity index (χ3n) is 9.08. The van der Waals surface area contributed by atoms with Gasteiger partial charge in [-0.1, -0.05) is 17.3 Å². The van der Waals surface area contributed by atoms with Gasteiger partial charge in [0.25, 0.3) is 5.89 Å². The second-order valence-electron chi connectivity index (χ2n) is 12.0. The lowest BCUT2D eigenvalue weighted by atomic mass is 9.53. The Hall–Kier alpha value is -3.06. The molecule has 0 saturated heterocycles. The van der Waals surface area contributed by atoms with Gasteiger partial charge in [0, 0.05) is 30.6 Å². The number of alkyl halides is 2. The number of nitrogens with one attached hydrogen (secondary N) is 1. The summed E-state index contributed by atoms with van der Waals surface area (Å²) in [5.41, 5.74) is -0.0233. The predicted octanol–water partition coefficient (Wildman–Crippen LogP) is 6.23. The van der Waals surface area contributed by atoms with Crippen molar-refractivity contribution in [2.45, 2.75) is 101 Å². The van der Waals surface area contributed by atoms with Gasteiger partial charge in [-0.2, -0.15) is 13.8 Å². The average molecular weight is 528 g/mol. The van der Waals surface area contributed by atoms with Crippen LogP contribution >= 0.6 is 0 Å². The number of nitrogens with zero attached hydrogens (tertiary/aromatic N) is 4. The van der Waals surface area contributed by atoms with Crippen LogP contribution in [0.5, 0.6) is 0 Å². The van der Waals surface area contributed by atoms with E-state index in [0.717, 1.165) is 45.4 Å². The maximum absolute atomic E-state index is 13.7. The van der Waals surface area contributed by atoms with Crippen LogP contribution in [0.2, 0.25) is 0 Å². The van der Waals surface area contributed by atoms with E-state index in [-0.39, 0.29) is 22.9 Å². The predicted molar refractivity (Wildman–Crippen MR) is 137 cm³/mol. The van der Waals surface area contributed by atoms with E-state index in [2.05, 4.69) is 20.3 Å². The molecule has 1 heterocycles. The first kappa shape index (κ1) is 26.5. The van der Waals surface area contributed by atoms with Crippen LogP contribution in [0.3, 0.4) is 0 Å². The van der Waals surface area contributed by atoms with E-state index >= 15 is 0 Å². The molecule has 0 atom stereocenters. The van der Waals surface area contributed by atoms with Gasteiger partial charge in [0.05, 0.1) is 12.2 Å². The smallest absolute Gasteiger partial charge is 0.322 e. The van der Waals surface area contributed by atoms with Gasteiger partial charge in [-0.25, -0.2) is 9.64 Å². The highest BCUT2D eigenvalue weighted by Crippen LogP contribution is 2.57. The summed E-state index contributed by atoms with van der Waals surface area (Å²) in [5, 5.41) is 17.4. The number of amides is 2. The van der Waals surface area contributed by atoms with Gasteiger partial charge in [-0.15, -0.1) is 0 Å². The van der Waals surface area contributed by atoms with E-state index < -0.39 is 17.4 Å². The van der Waals surface area contributed by atoms with Gasteiger partial charge >= 0.3 is 12.0 Å². The SMILES string of the molecule is [C-]#[N+]c1cccc(N(CC23CCC(c4noc(C(C)(F)F)n4)(CC2)CC3)C(=O)NC2CCC(C)(O)CC2)c1. The molecule has 2 aromatic rings. The van der Waals surface area contributed by atoms with E-state index in [4.69, 9.17) is 11.1 Å². The Morgan fingerprint density at radius 3 is 2.45 bits per heavy atom. The highest BCUT2D eigenvalue weighted by atomic mass is 19.3. The topological polar surface area (TPSA) is 95.9 Å². The van der Waals surface area contributed by atoms with Gasteiger partial charge in [-0.05, 0) is 88.7 Å². The quantitative estimate of drug-likeness (QED) is 0.434. The molecule has 4 saturated carbocycles. The molecule has 38 heavy (non-hydrogen) atoms. The van der Waals surface area contributed by atoms with E-state index in [9.17, 15) is 18.7 Å². The zero-order valence-electron chi connectivity index (χ0n) is 22.0. The number of urea groups is 1. The van der Waals surface area contributed by atoms with Crippen molar-refractivity contribution in [2.75, 3.05) is 11.4 Å². The third kappa shape index (κ3) is 5.26. The minimum Gasteiger partial charge on any atom is -0.390 e. The number of fused-ring (bicyclic) bond motifs is 3. The maximum Gasteiger partial charge on any atom is 0.322 e. The van der Waals surface area contributed by atoms with Crippen molar-refractivity contribution < 1.29 is 23.2 Å². The molecule has 2 amide bonds. The number of carbonyl (C=O) groups excluding carboxylic acids is 1. The number of benzene rings is 1. The van der Waals surface area contributed by atoms with Crippen molar-refractivity contribution in [1.82, 2.24) is 15.5 Å². The Morgan fingerprint density at radius 2 is 1.87 bits per heavy atom. The molecule has 4 aliphatic rings. The minimum absolute atomic E-state index is 0.0127. The Labute approximate surface area is 221 Å². The summed E-state index contributed by atoms with van der Waals surface area (Å²) in [5.74, 6) is -3.44. The van der Waals surface area contributed by atoms with E-state index in [1.165, 1.54) is 0 Å². The summed E-state index contributed by atoms with van der Waals surface area (Å²) >= 11 is 0. The summed E-state index contributed by atoms with van der Waals surface area (Å²) in [6.45, 7) is 10.5. The summed E-state index contributed by atoms with van der Waals surface area (Å²) in [7, 11) is 0. The molecule has 1 aromatic carbocycles. The zero-order chi connectivity index (χ0) is 27.2. The molecule has 1 aromatic heterocycles. The molecule has 0 spiro atoms. The highest BCUT2D eigenvalue weighted by molar-refractivity contribution is 5.93. The van der Waals surface area contributed by atoms with Gasteiger partial charge < -0.3 is 14.9 Å². The number of rotatable bonds is 6. The Kier molecular flexibility index (Phi) is 6.70. The van der Waals surface area contributed by atoms with Crippen LogP contribution in [-0.4, -0.2) is 39.5 Å². The number of hydrogen-bond acceptors (Lipinski definition) is 5. The maximum atomic E-state index is 13.7. The van der Waals surface area contributed by atoms with E-state index in [1.54, 1.807) is 23.1 Å². The second-order valence-corrected chi connectivity index (χ2v) is 12.0. The fraction of sp³-hybridized carbons (Fsp3) is 0.643. The lowest BCUT2D eigenvalue weighted by Crippen LogP contribution is -2.54. The van der Waals surface area contributed by atoms with Crippen molar-refractivity contribution >= 4 is 17.4 Å². The summed E-state index contributed by atoms with van der Waals surface area (Å²) in [4.78, 5) is 23.1. The van der Waals surface area contributed by atoms with Crippen LogP contribution in [0.4, 0.5) is 25.0 Å². The molecule has 0 aliphatic heterocycles. The molecule has 10 heteroatoms. The molecular weight excluding hydrogens is 492 g/mol. The van der Waals surface area contributed by atoms with Crippen molar-refractivity contribution in [3.63, 3.8) is 0 Å². The van der Waals surface area contributed by atoms with Crippen molar-refractivity contribution in [2.24, 2.45) is 5.41 Å². The summed E-state index contributed by atoms with van der Waals surface area (Å²) in [6, 6.07) is 6.92. The second kappa shape index (κ2) is 9.60. The van der Waals surface area contributed by atoms with Gasteiger partial charge in [-0.3, -0.25) is 4.90 Å². The van der Waals surface area contributed by atoms with Crippen molar-refractivity contribution in [3.05, 3.63) is 47.4 Å². The molecule has 6 rings (SSSR count). The van der Waals surface area contributed by atoms with Crippen LogP contribution in [0.1, 0.15) is 89.8 Å². The number of aromatic nitrogens is 2. The van der Waals surface area contributed by atoms with Crippen LogP contribution in [0.15, 0.2) is 28.8 Å². The first-order valence-electron chi connectivity index (χ1n) is 13.4. The Bertz CT molecular complexity index is 1200. The molecule has 2 N–H and O–H groups in total. The number of aliphatic hydroxyl groups is 1. The standard InChI is InChI=1S/C28H35F2N5O3/c1-25(37)9-7-19(8-10-25)32-24(36)35(21-6-4-5-20(17-21)31-3)18-27-11-14-28(15-12-27,16-13-27)22-33-23(38-34-22)26(2,29)30/h4-6,17,19,37H,7-16,18H2,1-2H3,(H,32,36). The molecular formula is C28H35F2N5O3. The Morgan fingerprint density at radius 1 is 1.21 bits per heavy atom. The molecule has 2 bridgehead atoms. The highest BCUT2D eigenvalue weighted by Gasteiger charge is 2.53. The number of hydrogen-bond donors (Lipinski definition) is 2. The minimum atomic E-state index is -3.17. The normalized spacial score (nSPS) is 31.0. The monoisotopic (exact) mass is 527 g/mol. The number of halogens is 2. The van der Waals surface area contributed by atoms with Gasteiger partial charge in [0.2, 0.25) is 0 Å². The van der Waals surface area contributed by atoms with Crippen molar-refractivity contribution in [3.8, 4) is 0 Å². The van der Waals surface area contributed by atoms with Crippen molar-refractivity contribution in [1.29, 1.82) is 0 Å². The molecule has 4 aliphatic carbocycles. The van der Waals surface area contributed by atoms with Gasteiger partial charge in [0.15, 0.2) is 11.5 Å². The molecule has 8 nitrogen and oxygen atoms in total. The van der Waals surface area contributed by atoms with E-state index in [0.29, 0.717) is 49.4 Å². The third-order valence-corrected chi connectivity index (χ3v) is 9.08. The van der Waals surface area contributed by atoms with E-state index in [1.807, 2.05) is 13.0 Å². The largest absolute Gasteiger partial charge is 0.390 e. The fourth-order valence-corrected chi connectivity index (χ4v) is 6.44. The molecule has 0 unspecified atom stereocenters. The summed E-state index contributed by atoms with van der Waals surface area (Å²) in [6.07, 6.45) is 7.40. The molecule has 0 radical (unpaired) electrons. The Balaban J connectivity index is 1.33. The molecule has 204 valence electrons. The number of anilines is 1. The molecule has 4 fully saturated rings. The van der Waals surface area contributed by atoms with Crippen LogP contribution in [0.25, 0.3) is 4.85 Å².